The number of nitriles is 1. The topological polar surface area (TPSA) is 45.0 Å². The monoisotopic (exact) mass is 370 g/mol. The van der Waals surface area contributed by atoms with Crippen LogP contribution >= 0.6 is 11.8 Å². The molecule has 1 saturated heterocycles. The third-order valence-electron chi connectivity index (χ3n) is 3.83. The first-order valence-corrected chi connectivity index (χ1v) is 10.2. The van der Waals surface area contributed by atoms with Crippen molar-refractivity contribution in [2.75, 3.05) is 26.0 Å². The van der Waals surface area contributed by atoms with Gasteiger partial charge < -0.3 is 10.1 Å². The van der Waals surface area contributed by atoms with Crippen molar-refractivity contribution in [1.82, 2.24) is 5.32 Å². The minimum Gasteiger partial charge on any atom is -0.497 e. The lowest BCUT2D eigenvalue weighted by Crippen LogP contribution is -2.30. The van der Waals surface area contributed by atoms with E-state index >= 15 is 0 Å². The van der Waals surface area contributed by atoms with E-state index in [2.05, 4.69) is 17.5 Å². The maximum absolute atomic E-state index is 8.81. The fourth-order valence-corrected chi connectivity index (χ4v) is 3.59. The smallest absolute Gasteiger partial charge is 0.118 e. The van der Waals surface area contributed by atoms with Gasteiger partial charge in [-0.2, -0.15) is 5.26 Å². The van der Waals surface area contributed by atoms with Gasteiger partial charge in [0.05, 0.1) is 18.7 Å². The maximum Gasteiger partial charge on any atom is 0.118 e. The molecular formula is C22H30N2OS. The summed E-state index contributed by atoms with van der Waals surface area (Å²) >= 11 is 1.87. The van der Waals surface area contributed by atoms with Crippen LogP contribution in [0.5, 0.6) is 5.75 Å². The van der Waals surface area contributed by atoms with Crippen molar-refractivity contribution in [1.29, 1.82) is 5.26 Å². The summed E-state index contributed by atoms with van der Waals surface area (Å²) in [5, 5.41) is 12.2. The van der Waals surface area contributed by atoms with Gasteiger partial charge in [-0.05, 0) is 62.2 Å². The number of rotatable bonds is 4. The number of piperidine rings is 1. The number of nitrogens with zero attached hydrogens (tertiary/aromatic N) is 1. The van der Waals surface area contributed by atoms with Gasteiger partial charge >= 0.3 is 0 Å². The van der Waals surface area contributed by atoms with Crippen LogP contribution in [0.4, 0.5) is 0 Å². The highest BCUT2D eigenvalue weighted by Gasteiger charge is 2.12. The lowest BCUT2D eigenvalue weighted by atomic mass is 10.0. The van der Waals surface area contributed by atoms with Crippen LogP contribution in [0.25, 0.3) is 0 Å². The Balaban J connectivity index is 0.000000284. The third kappa shape index (κ3) is 8.94. The summed E-state index contributed by atoms with van der Waals surface area (Å²) in [6, 6.07) is 19.7. The molecule has 0 spiro atoms. The normalized spacial score (nSPS) is 15.4. The molecule has 0 saturated carbocycles. The molecule has 1 fully saturated rings. The zero-order valence-corrected chi connectivity index (χ0v) is 16.9. The Morgan fingerprint density at radius 3 is 2.50 bits per heavy atom. The molecule has 2 aromatic rings. The average molecular weight is 371 g/mol. The SMILES string of the molecule is CC.COc1ccccc1.N#Cc1cccc(SCC2CCCNC2)c1. The summed E-state index contributed by atoms with van der Waals surface area (Å²) < 4.78 is 4.91. The molecule has 1 unspecified atom stereocenters. The number of ether oxygens (including phenoxy) is 1. The quantitative estimate of drug-likeness (QED) is 0.735. The second kappa shape index (κ2) is 14.2. The van der Waals surface area contributed by atoms with E-state index in [0.717, 1.165) is 29.5 Å². The van der Waals surface area contributed by atoms with Crippen LogP contribution in [0.1, 0.15) is 32.3 Å². The highest BCUT2D eigenvalue weighted by Crippen LogP contribution is 2.24. The van der Waals surface area contributed by atoms with Crippen LogP contribution in [-0.4, -0.2) is 26.0 Å². The van der Waals surface area contributed by atoms with Gasteiger partial charge in [0.25, 0.3) is 0 Å². The third-order valence-corrected chi connectivity index (χ3v) is 5.05. The number of hydrogen-bond donors (Lipinski definition) is 1. The average Bonchev–Trinajstić information content (AvgIpc) is 2.75. The number of methoxy groups -OCH3 is 1. The van der Waals surface area contributed by atoms with Crippen LogP contribution < -0.4 is 10.1 Å². The first-order chi connectivity index (χ1) is 12.8. The van der Waals surface area contributed by atoms with Gasteiger partial charge in [-0.3, -0.25) is 0 Å². The van der Waals surface area contributed by atoms with Crippen molar-refractivity contribution < 1.29 is 4.74 Å². The van der Waals surface area contributed by atoms with Crippen molar-refractivity contribution in [3.05, 3.63) is 60.2 Å². The highest BCUT2D eigenvalue weighted by atomic mass is 32.2. The van der Waals surface area contributed by atoms with Gasteiger partial charge in [0.1, 0.15) is 5.75 Å². The fourth-order valence-electron chi connectivity index (χ4n) is 2.49. The first-order valence-electron chi connectivity index (χ1n) is 9.24. The Morgan fingerprint density at radius 1 is 1.15 bits per heavy atom. The molecule has 0 amide bonds. The lowest BCUT2D eigenvalue weighted by molar-refractivity contribution is 0.410. The van der Waals surface area contributed by atoms with E-state index in [-0.39, 0.29) is 0 Å². The summed E-state index contributed by atoms with van der Waals surface area (Å²) in [5.74, 6) is 2.85. The number of hydrogen-bond acceptors (Lipinski definition) is 4. The predicted molar refractivity (Wildman–Crippen MR) is 112 cm³/mol. The summed E-state index contributed by atoms with van der Waals surface area (Å²) in [6.45, 7) is 6.32. The molecule has 0 bridgehead atoms. The molecule has 4 heteroatoms. The molecule has 1 aliphatic heterocycles. The van der Waals surface area contributed by atoms with Gasteiger partial charge in [0.15, 0.2) is 0 Å². The Labute approximate surface area is 162 Å². The van der Waals surface area contributed by atoms with Crippen molar-refractivity contribution in [2.24, 2.45) is 5.92 Å². The highest BCUT2D eigenvalue weighted by molar-refractivity contribution is 7.99. The minimum atomic E-state index is 0.756. The largest absolute Gasteiger partial charge is 0.497 e. The van der Waals surface area contributed by atoms with Gasteiger partial charge in [-0.15, -0.1) is 11.8 Å². The molecular weight excluding hydrogens is 340 g/mol. The van der Waals surface area contributed by atoms with Crippen LogP contribution in [0, 0.1) is 17.2 Å². The van der Waals surface area contributed by atoms with Crippen LogP contribution in [0.15, 0.2) is 59.5 Å². The summed E-state index contributed by atoms with van der Waals surface area (Å²) in [5.41, 5.74) is 0.756. The molecule has 140 valence electrons. The summed E-state index contributed by atoms with van der Waals surface area (Å²) in [4.78, 5) is 1.21. The molecule has 1 N–H and O–H groups in total. The van der Waals surface area contributed by atoms with Gasteiger partial charge in [-0.1, -0.05) is 38.1 Å². The molecule has 0 radical (unpaired) electrons. The maximum atomic E-state index is 8.81. The van der Waals surface area contributed by atoms with Crippen molar-refractivity contribution in [3.63, 3.8) is 0 Å². The Kier molecular flexibility index (Phi) is 12.1. The van der Waals surface area contributed by atoms with Crippen LogP contribution in [0.3, 0.4) is 0 Å². The second-order valence-electron chi connectivity index (χ2n) is 5.68. The lowest BCUT2D eigenvalue weighted by Gasteiger charge is -2.22. The molecule has 3 nitrogen and oxygen atoms in total. The Hall–Kier alpha value is -1.96. The van der Waals surface area contributed by atoms with E-state index in [1.54, 1.807) is 7.11 Å². The molecule has 26 heavy (non-hydrogen) atoms. The molecule has 2 aromatic carbocycles. The van der Waals surface area contributed by atoms with E-state index in [1.165, 1.54) is 24.3 Å². The first kappa shape index (κ1) is 22.1. The zero-order chi connectivity index (χ0) is 19.0. The Morgan fingerprint density at radius 2 is 1.92 bits per heavy atom. The van der Waals surface area contributed by atoms with E-state index in [4.69, 9.17) is 10.00 Å². The summed E-state index contributed by atoms with van der Waals surface area (Å²) in [6.07, 6.45) is 2.63. The van der Waals surface area contributed by atoms with E-state index in [0.29, 0.717) is 0 Å². The standard InChI is InChI=1S/C13H16N2S.C7H8O.C2H6/c14-8-11-3-1-5-13(7-11)16-10-12-4-2-6-15-9-12;1-8-7-5-3-2-4-6-7;1-2/h1,3,5,7,12,15H,2,4,6,9-10H2;2-6H,1H3;1-2H3. The number of nitrogens with one attached hydrogen (secondary N) is 1. The fraction of sp³-hybridized carbons (Fsp3) is 0.409. The molecule has 1 heterocycles. The van der Waals surface area contributed by atoms with Crippen molar-refractivity contribution in [3.8, 4) is 11.8 Å². The van der Waals surface area contributed by atoms with Crippen LogP contribution in [0.2, 0.25) is 0 Å². The molecule has 1 aliphatic rings. The van der Waals surface area contributed by atoms with Crippen molar-refractivity contribution >= 4 is 11.8 Å². The van der Waals surface area contributed by atoms with Crippen LogP contribution in [-0.2, 0) is 0 Å². The molecule has 3 rings (SSSR count). The number of para-hydroxylation sites is 1. The molecule has 1 atom stereocenters. The second-order valence-corrected chi connectivity index (χ2v) is 6.77. The predicted octanol–water partition coefficient (Wildman–Crippen LogP) is 5.37. The number of benzene rings is 2. The molecule has 0 aliphatic carbocycles. The van der Waals surface area contributed by atoms with Gasteiger partial charge in [-0.25, -0.2) is 0 Å². The van der Waals surface area contributed by atoms with E-state index in [1.807, 2.05) is 74.1 Å². The van der Waals surface area contributed by atoms with E-state index in [9.17, 15) is 0 Å². The molecule has 0 aromatic heterocycles. The van der Waals surface area contributed by atoms with E-state index < -0.39 is 0 Å². The van der Waals surface area contributed by atoms with Gasteiger partial charge in [0.2, 0.25) is 0 Å². The number of thioether (sulfide) groups is 1. The van der Waals surface area contributed by atoms with Gasteiger partial charge in [0, 0.05) is 10.6 Å². The summed E-state index contributed by atoms with van der Waals surface area (Å²) in [7, 11) is 1.66. The zero-order valence-electron chi connectivity index (χ0n) is 16.1. The minimum absolute atomic E-state index is 0.756. The van der Waals surface area contributed by atoms with Crippen molar-refractivity contribution in [2.45, 2.75) is 31.6 Å². The Bertz CT molecular complexity index is 634.